The van der Waals surface area contributed by atoms with E-state index in [1.165, 1.54) is 12.1 Å². The number of thioether (sulfide) groups is 1. The van der Waals surface area contributed by atoms with Crippen molar-refractivity contribution >= 4 is 17.4 Å². The molecule has 0 radical (unpaired) electrons. The Hall–Kier alpha value is -2.67. The Labute approximate surface area is 156 Å². The first-order chi connectivity index (χ1) is 12.5. The average molecular weight is 368 g/mol. The maximum atomic E-state index is 10.8. The van der Waals surface area contributed by atoms with Crippen molar-refractivity contribution in [3.05, 3.63) is 75.6 Å². The molecule has 0 fully saturated rings. The van der Waals surface area contributed by atoms with E-state index in [9.17, 15) is 10.1 Å². The van der Waals surface area contributed by atoms with Crippen LogP contribution in [0.15, 0.2) is 53.7 Å². The standard InChI is InChI=1S/C19H20N4O2S/c1-13(2)18-20-21-19(22(18)17-7-5-4-6-14(17)3)26-12-15-8-10-16(11-9-15)23(24)25/h4-11,13H,12H2,1-3H3. The van der Waals surface area contributed by atoms with Gasteiger partial charge in [-0.2, -0.15) is 0 Å². The SMILES string of the molecule is Cc1ccccc1-n1c(SCc2ccc([N+](=O)[O-])cc2)nnc1C(C)C. The lowest BCUT2D eigenvalue weighted by Gasteiger charge is -2.14. The molecule has 0 spiro atoms. The molecule has 3 rings (SSSR count). The van der Waals surface area contributed by atoms with Crippen molar-refractivity contribution in [1.29, 1.82) is 0 Å². The van der Waals surface area contributed by atoms with Gasteiger partial charge in [0.25, 0.3) is 5.69 Å². The van der Waals surface area contributed by atoms with Crippen LogP contribution in [0.5, 0.6) is 0 Å². The predicted molar refractivity (Wildman–Crippen MR) is 103 cm³/mol. The maximum Gasteiger partial charge on any atom is 0.269 e. The molecule has 134 valence electrons. The van der Waals surface area contributed by atoms with Crippen LogP contribution in [-0.4, -0.2) is 19.7 Å². The van der Waals surface area contributed by atoms with Crippen molar-refractivity contribution in [2.75, 3.05) is 0 Å². The van der Waals surface area contributed by atoms with Gasteiger partial charge < -0.3 is 0 Å². The Morgan fingerprint density at radius 3 is 2.42 bits per heavy atom. The Kier molecular flexibility index (Phi) is 5.37. The van der Waals surface area contributed by atoms with Crippen LogP contribution in [0.2, 0.25) is 0 Å². The van der Waals surface area contributed by atoms with E-state index >= 15 is 0 Å². The fraction of sp³-hybridized carbons (Fsp3) is 0.263. The number of hydrogen-bond acceptors (Lipinski definition) is 5. The van der Waals surface area contributed by atoms with Gasteiger partial charge in [0.2, 0.25) is 0 Å². The maximum absolute atomic E-state index is 10.8. The molecule has 0 unspecified atom stereocenters. The highest BCUT2D eigenvalue weighted by Gasteiger charge is 2.18. The molecular weight excluding hydrogens is 348 g/mol. The minimum atomic E-state index is -0.388. The van der Waals surface area contributed by atoms with Crippen LogP contribution in [0, 0.1) is 17.0 Å². The summed E-state index contributed by atoms with van der Waals surface area (Å²) >= 11 is 1.58. The second-order valence-electron chi connectivity index (χ2n) is 6.33. The van der Waals surface area contributed by atoms with Crippen LogP contribution >= 0.6 is 11.8 Å². The Morgan fingerprint density at radius 2 is 1.81 bits per heavy atom. The van der Waals surface area contributed by atoms with Gasteiger partial charge in [-0.3, -0.25) is 14.7 Å². The summed E-state index contributed by atoms with van der Waals surface area (Å²) in [5.41, 5.74) is 3.34. The third-order valence-electron chi connectivity index (χ3n) is 4.05. The molecule has 1 aromatic heterocycles. The normalized spacial score (nSPS) is 11.1. The van der Waals surface area contributed by atoms with Crippen molar-refractivity contribution in [3.8, 4) is 5.69 Å². The molecule has 0 saturated heterocycles. The minimum absolute atomic E-state index is 0.101. The molecule has 0 aliphatic rings. The molecule has 7 heteroatoms. The molecule has 6 nitrogen and oxygen atoms in total. The molecule has 0 N–H and O–H groups in total. The van der Waals surface area contributed by atoms with Gasteiger partial charge in [0, 0.05) is 23.8 Å². The summed E-state index contributed by atoms with van der Waals surface area (Å²) in [7, 11) is 0. The Balaban J connectivity index is 1.89. The lowest BCUT2D eigenvalue weighted by molar-refractivity contribution is -0.384. The molecule has 1 heterocycles. The Bertz CT molecular complexity index is 920. The van der Waals surface area contributed by atoms with E-state index in [0.29, 0.717) is 5.75 Å². The zero-order valence-corrected chi connectivity index (χ0v) is 15.7. The summed E-state index contributed by atoms with van der Waals surface area (Å²) in [4.78, 5) is 10.4. The number of aromatic nitrogens is 3. The third-order valence-corrected chi connectivity index (χ3v) is 5.05. The number of aryl methyl sites for hydroxylation is 1. The number of nitro groups is 1. The number of nitro benzene ring substituents is 1. The van der Waals surface area contributed by atoms with E-state index in [2.05, 4.69) is 47.7 Å². The smallest absolute Gasteiger partial charge is 0.269 e. The van der Waals surface area contributed by atoms with Crippen LogP contribution < -0.4 is 0 Å². The first-order valence-electron chi connectivity index (χ1n) is 8.35. The summed E-state index contributed by atoms with van der Waals surface area (Å²) in [5, 5.41) is 20.4. The van der Waals surface area contributed by atoms with Crippen LogP contribution in [0.1, 0.15) is 36.7 Å². The van der Waals surface area contributed by atoms with Gasteiger partial charge in [0.1, 0.15) is 5.82 Å². The quantitative estimate of drug-likeness (QED) is 0.351. The highest BCUT2D eigenvalue weighted by Crippen LogP contribution is 2.29. The molecule has 26 heavy (non-hydrogen) atoms. The van der Waals surface area contributed by atoms with Crippen molar-refractivity contribution < 1.29 is 4.92 Å². The molecule has 0 amide bonds. The number of hydrogen-bond donors (Lipinski definition) is 0. The van der Waals surface area contributed by atoms with E-state index < -0.39 is 0 Å². The largest absolute Gasteiger partial charge is 0.274 e. The molecule has 3 aromatic rings. The topological polar surface area (TPSA) is 73.8 Å². The molecule has 0 atom stereocenters. The predicted octanol–water partition coefficient (Wildman–Crippen LogP) is 4.90. The van der Waals surface area contributed by atoms with Gasteiger partial charge in [-0.1, -0.05) is 55.9 Å². The first kappa shape index (κ1) is 18.1. The summed E-state index contributed by atoms with van der Waals surface area (Å²) < 4.78 is 2.11. The zero-order valence-electron chi connectivity index (χ0n) is 14.9. The molecule has 0 aliphatic carbocycles. The summed E-state index contributed by atoms with van der Waals surface area (Å²) in [6, 6.07) is 14.8. The van der Waals surface area contributed by atoms with Gasteiger partial charge in [0.05, 0.1) is 10.6 Å². The molecule has 0 saturated carbocycles. The molecule has 2 aromatic carbocycles. The Morgan fingerprint density at radius 1 is 1.12 bits per heavy atom. The first-order valence-corrected chi connectivity index (χ1v) is 9.33. The van der Waals surface area contributed by atoms with Crippen molar-refractivity contribution in [1.82, 2.24) is 14.8 Å². The van der Waals surface area contributed by atoms with E-state index in [0.717, 1.165) is 27.8 Å². The monoisotopic (exact) mass is 368 g/mol. The average Bonchev–Trinajstić information content (AvgIpc) is 3.04. The fourth-order valence-electron chi connectivity index (χ4n) is 2.65. The van der Waals surface area contributed by atoms with Crippen molar-refractivity contribution in [2.24, 2.45) is 0 Å². The van der Waals surface area contributed by atoms with Crippen LogP contribution in [-0.2, 0) is 5.75 Å². The molecular formula is C19H20N4O2S. The van der Waals surface area contributed by atoms with Crippen LogP contribution in [0.3, 0.4) is 0 Å². The summed E-state index contributed by atoms with van der Waals surface area (Å²) in [5.74, 6) is 1.83. The third kappa shape index (κ3) is 3.77. The lowest BCUT2D eigenvalue weighted by atomic mass is 10.1. The second kappa shape index (κ2) is 7.70. The van der Waals surface area contributed by atoms with Crippen LogP contribution in [0.4, 0.5) is 5.69 Å². The van der Waals surface area contributed by atoms with E-state index in [4.69, 9.17) is 0 Å². The van der Waals surface area contributed by atoms with Crippen molar-refractivity contribution in [2.45, 2.75) is 37.6 Å². The van der Waals surface area contributed by atoms with E-state index in [-0.39, 0.29) is 16.5 Å². The summed E-state index contributed by atoms with van der Waals surface area (Å²) in [6.45, 7) is 6.28. The number of para-hydroxylation sites is 1. The zero-order chi connectivity index (χ0) is 18.7. The van der Waals surface area contributed by atoms with E-state index in [1.807, 2.05) is 12.1 Å². The molecule has 0 bridgehead atoms. The van der Waals surface area contributed by atoms with Gasteiger partial charge in [-0.15, -0.1) is 10.2 Å². The highest BCUT2D eigenvalue weighted by atomic mass is 32.2. The van der Waals surface area contributed by atoms with Gasteiger partial charge >= 0.3 is 0 Å². The highest BCUT2D eigenvalue weighted by molar-refractivity contribution is 7.98. The van der Waals surface area contributed by atoms with Gasteiger partial charge in [-0.25, -0.2) is 0 Å². The van der Waals surface area contributed by atoms with Gasteiger partial charge in [0.15, 0.2) is 5.16 Å². The van der Waals surface area contributed by atoms with E-state index in [1.54, 1.807) is 23.9 Å². The van der Waals surface area contributed by atoms with Crippen molar-refractivity contribution in [3.63, 3.8) is 0 Å². The van der Waals surface area contributed by atoms with Gasteiger partial charge in [-0.05, 0) is 24.1 Å². The fourth-order valence-corrected chi connectivity index (χ4v) is 3.56. The number of non-ortho nitro benzene ring substituents is 1. The number of nitrogens with zero attached hydrogens (tertiary/aromatic N) is 4. The minimum Gasteiger partial charge on any atom is -0.274 e. The number of rotatable bonds is 6. The van der Waals surface area contributed by atoms with Crippen LogP contribution in [0.25, 0.3) is 5.69 Å². The number of benzene rings is 2. The second-order valence-corrected chi connectivity index (χ2v) is 7.27. The molecule has 0 aliphatic heterocycles. The lowest BCUT2D eigenvalue weighted by Crippen LogP contribution is -2.06. The summed E-state index contributed by atoms with van der Waals surface area (Å²) in [6.07, 6.45) is 0.